The lowest BCUT2D eigenvalue weighted by Gasteiger charge is -2.37. The van der Waals surface area contributed by atoms with Crippen molar-refractivity contribution in [3.8, 4) is 5.75 Å². The quantitative estimate of drug-likeness (QED) is 0.525. The van der Waals surface area contributed by atoms with Crippen LogP contribution in [0.3, 0.4) is 0 Å². The minimum absolute atomic E-state index is 0.314. The van der Waals surface area contributed by atoms with Crippen LogP contribution in [0.25, 0.3) is 0 Å². The van der Waals surface area contributed by atoms with Gasteiger partial charge in [0.1, 0.15) is 0 Å². The van der Waals surface area contributed by atoms with E-state index in [1.165, 1.54) is 32.1 Å². The summed E-state index contributed by atoms with van der Waals surface area (Å²) < 4.78 is 44.5. The van der Waals surface area contributed by atoms with Gasteiger partial charge < -0.3 is 4.74 Å². The first kappa shape index (κ1) is 19.2. The van der Waals surface area contributed by atoms with Crippen LogP contribution in [0.4, 0.5) is 13.2 Å². The van der Waals surface area contributed by atoms with Crippen molar-refractivity contribution in [2.24, 2.45) is 23.7 Å². The van der Waals surface area contributed by atoms with Crippen LogP contribution in [-0.4, -0.2) is 11.0 Å². The Morgan fingerprint density at radius 3 is 2.15 bits per heavy atom. The van der Waals surface area contributed by atoms with Crippen molar-refractivity contribution < 1.29 is 22.7 Å². The number of esters is 1. The molecule has 0 spiro atoms. The SMILES string of the molecule is CCC1CCC(C2CCC(C(=O)Oc3cc(F)c(F)nc3F)CC2)CC1. The van der Waals surface area contributed by atoms with E-state index in [9.17, 15) is 18.0 Å². The Hall–Kier alpha value is -1.59. The van der Waals surface area contributed by atoms with E-state index in [0.717, 1.165) is 24.7 Å². The van der Waals surface area contributed by atoms with Crippen LogP contribution in [0, 0.1) is 41.4 Å². The second-order valence-electron chi connectivity index (χ2n) is 7.77. The first-order chi connectivity index (χ1) is 12.5. The number of carbonyl (C=O) groups excluding carboxylic acids is 1. The second-order valence-corrected chi connectivity index (χ2v) is 7.77. The predicted octanol–water partition coefficient (Wildman–Crippen LogP) is 5.43. The summed E-state index contributed by atoms with van der Waals surface area (Å²) in [5.41, 5.74) is 0. The summed E-state index contributed by atoms with van der Waals surface area (Å²) in [6, 6.07) is 0.535. The Morgan fingerprint density at radius 1 is 1.00 bits per heavy atom. The molecule has 2 saturated carbocycles. The van der Waals surface area contributed by atoms with Crippen molar-refractivity contribution in [3.05, 3.63) is 23.8 Å². The van der Waals surface area contributed by atoms with Gasteiger partial charge in [-0.15, -0.1) is 0 Å². The summed E-state index contributed by atoms with van der Waals surface area (Å²) in [5.74, 6) is -3.44. The lowest BCUT2D eigenvalue weighted by atomic mass is 9.69. The van der Waals surface area contributed by atoms with Crippen molar-refractivity contribution in [2.45, 2.75) is 64.7 Å². The van der Waals surface area contributed by atoms with Gasteiger partial charge in [-0.05, 0) is 56.3 Å². The van der Waals surface area contributed by atoms with Gasteiger partial charge in [-0.25, -0.2) is 4.39 Å². The van der Waals surface area contributed by atoms with Crippen molar-refractivity contribution in [1.29, 1.82) is 0 Å². The predicted molar refractivity (Wildman–Crippen MR) is 90.9 cm³/mol. The largest absolute Gasteiger partial charge is 0.421 e. The van der Waals surface area contributed by atoms with Crippen molar-refractivity contribution in [3.63, 3.8) is 0 Å². The van der Waals surface area contributed by atoms with E-state index in [1.807, 2.05) is 0 Å². The highest BCUT2D eigenvalue weighted by molar-refractivity contribution is 5.75. The Bertz CT molecular complexity index is 636. The zero-order valence-electron chi connectivity index (χ0n) is 15.1. The van der Waals surface area contributed by atoms with Crippen LogP contribution in [0.2, 0.25) is 0 Å². The summed E-state index contributed by atoms with van der Waals surface area (Å²) >= 11 is 0. The highest BCUT2D eigenvalue weighted by Crippen LogP contribution is 2.42. The van der Waals surface area contributed by atoms with Gasteiger partial charge in [-0.1, -0.05) is 26.2 Å². The number of ether oxygens (including phenoxy) is 1. The van der Waals surface area contributed by atoms with E-state index < -0.39 is 29.4 Å². The molecule has 0 radical (unpaired) electrons. The standard InChI is InChI=1S/C20H26F3NO2/c1-2-12-3-5-13(6-4-12)14-7-9-15(10-8-14)20(25)26-17-11-16(21)18(22)24-19(17)23/h11-15H,2-10H2,1H3. The van der Waals surface area contributed by atoms with Gasteiger partial charge in [-0.2, -0.15) is 13.8 Å². The Labute approximate surface area is 152 Å². The molecule has 0 aliphatic heterocycles. The molecule has 26 heavy (non-hydrogen) atoms. The number of halogens is 3. The van der Waals surface area contributed by atoms with Gasteiger partial charge in [0.25, 0.3) is 11.9 Å². The summed E-state index contributed by atoms with van der Waals surface area (Å²) in [4.78, 5) is 15.0. The van der Waals surface area contributed by atoms with Crippen LogP contribution < -0.4 is 4.74 Å². The Balaban J connectivity index is 1.50. The van der Waals surface area contributed by atoms with Crippen LogP contribution >= 0.6 is 0 Å². The molecule has 2 aliphatic rings. The number of rotatable bonds is 4. The smallest absolute Gasteiger partial charge is 0.314 e. The first-order valence-corrected chi connectivity index (χ1v) is 9.71. The maximum Gasteiger partial charge on any atom is 0.314 e. The molecule has 0 N–H and O–H groups in total. The van der Waals surface area contributed by atoms with Gasteiger partial charge in [0.15, 0.2) is 11.6 Å². The van der Waals surface area contributed by atoms with Crippen molar-refractivity contribution in [2.75, 3.05) is 0 Å². The number of pyridine rings is 1. The number of aromatic nitrogens is 1. The number of hydrogen-bond donors (Lipinski definition) is 0. The molecule has 0 aromatic carbocycles. The number of hydrogen-bond acceptors (Lipinski definition) is 3. The molecule has 3 rings (SSSR count). The monoisotopic (exact) mass is 369 g/mol. The molecule has 1 heterocycles. The molecule has 0 bridgehead atoms. The van der Waals surface area contributed by atoms with E-state index >= 15 is 0 Å². The molecule has 2 fully saturated rings. The number of carbonyl (C=O) groups is 1. The van der Waals surface area contributed by atoms with E-state index in [1.54, 1.807) is 0 Å². The molecule has 1 aromatic rings. The van der Waals surface area contributed by atoms with Crippen molar-refractivity contribution >= 4 is 5.97 Å². The molecule has 1 aromatic heterocycles. The fourth-order valence-electron chi connectivity index (χ4n) is 4.59. The zero-order valence-corrected chi connectivity index (χ0v) is 15.1. The fourth-order valence-corrected chi connectivity index (χ4v) is 4.59. The topological polar surface area (TPSA) is 39.2 Å². The van der Waals surface area contributed by atoms with Gasteiger partial charge in [0.05, 0.1) is 5.92 Å². The van der Waals surface area contributed by atoms with E-state index in [0.29, 0.717) is 24.8 Å². The van der Waals surface area contributed by atoms with Crippen LogP contribution in [0.5, 0.6) is 5.75 Å². The Morgan fingerprint density at radius 2 is 1.58 bits per heavy atom. The zero-order chi connectivity index (χ0) is 18.7. The third-order valence-corrected chi connectivity index (χ3v) is 6.31. The summed E-state index contributed by atoms with van der Waals surface area (Å²) in [6.45, 7) is 2.26. The Kier molecular flexibility index (Phi) is 6.20. The molecule has 0 atom stereocenters. The summed E-state index contributed by atoms with van der Waals surface area (Å²) in [7, 11) is 0. The average Bonchev–Trinajstić information content (AvgIpc) is 2.66. The molecule has 144 valence electrons. The highest BCUT2D eigenvalue weighted by atomic mass is 19.2. The molecule has 0 unspecified atom stereocenters. The van der Waals surface area contributed by atoms with Gasteiger partial charge in [0, 0.05) is 6.07 Å². The first-order valence-electron chi connectivity index (χ1n) is 9.71. The highest BCUT2D eigenvalue weighted by Gasteiger charge is 2.33. The molecule has 2 aliphatic carbocycles. The number of nitrogens with zero attached hydrogens (tertiary/aromatic N) is 1. The lowest BCUT2D eigenvalue weighted by Crippen LogP contribution is -2.30. The third-order valence-electron chi connectivity index (χ3n) is 6.31. The second kappa shape index (κ2) is 8.40. The van der Waals surface area contributed by atoms with Crippen LogP contribution in [0.1, 0.15) is 64.7 Å². The van der Waals surface area contributed by atoms with Gasteiger partial charge in [-0.3, -0.25) is 4.79 Å². The molecule has 3 nitrogen and oxygen atoms in total. The summed E-state index contributed by atoms with van der Waals surface area (Å²) in [5, 5.41) is 0. The lowest BCUT2D eigenvalue weighted by molar-refractivity contribution is -0.140. The van der Waals surface area contributed by atoms with Crippen LogP contribution in [-0.2, 0) is 4.79 Å². The minimum Gasteiger partial charge on any atom is -0.421 e. The van der Waals surface area contributed by atoms with Crippen LogP contribution in [0.15, 0.2) is 6.07 Å². The minimum atomic E-state index is -1.54. The van der Waals surface area contributed by atoms with E-state index in [4.69, 9.17) is 4.74 Å². The molecule has 6 heteroatoms. The molecule has 0 amide bonds. The maximum absolute atomic E-state index is 13.5. The van der Waals surface area contributed by atoms with E-state index in [-0.39, 0.29) is 5.92 Å². The van der Waals surface area contributed by atoms with Gasteiger partial charge in [0.2, 0.25) is 0 Å². The van der Waals surface area contributed by atoms with Crippen molar-refractivity contribution in [1.82, 2.24) is 4.98 Å². The molecular formula is C20H26F3NO2. The fraction of sp³-hybridized carbons (Fsp3) is 0.700. The average molecular weight is 369 g/mol. The summed E-state index contributed by atoms with van der Waals surface area (Å²) in [6.07, 6.45) is 9.80. The molecular weight excluding hydrogens is 343 g/mol. The van der Waals surface area contributed by atoms with E-state index in [2.05, 4.69) is 11.9 Å². The molecule has 0 saturated heterocycles. The van der Waals surface area contributed by atoms with Gasteiger partial charge >= 0.3 is 5.97 Å². The normalized spacial score (nSPS) is 29.4. The maximum atomic E-state index is 13.5. The third kappa shape index (κ3) is 4.38.